The average Bonchev–Trinajstić information content (AvgIpc) is 2.81. The maximum absolute atomic E-state index is 5.58. The van der Waals surface area contributed by atoms with Crippen LogP contribution in [-0.4, -0.2) is 16.4 Å². The van der Waals surface area contributed by atoms with Gasteiger partial charge in [0.15, 0.2) is 0 Å². The minimum atomic E-state index is 0.524. The van der Waals surface area contributed by atoms with Gasteiger partial charge in [-0.1, -0.05) is 30.9 Å². The van der Waals surface area contributed by atoms with Crippen molar-refractivity contribution in [1.29, 1.82) is 0 Å². The zero-order chi connectivity index (χ0) is 11.2. The lowest BCUT2D eigenvalue weighted by atomic mass is 10.2. The molecule has 16 heavy (non-hydrogen) atoms. The number of nitrogens with zero attached hydrogens (tertiary/aromatic N) is 2. The highest BCUT2D eigenvalue weighted by molar-refractivity contribution is 5.33. The molecular weight excluding hydrogens is 200 g/mol. The predicted octanol–water partition coefficient (Wildman–Crippen LogP) is 2.50. The van der Waals surface area contributed by atoms with Crippen LogP contribution in [0.25, 0.3) is 0 Å². The molecule has 0 saturated heterocycles. The van der Waals surface area contributed by atoms with Crippen molar-refractivity contribution in [3.8, 4) is 5.75 Å². The molecule has 0 saturated carbocycles. The smallest absolute Gasteiger partial charge is 0.124 e. The second kappa shape index (κ2) is 5.16. The van der Waals surface area contributed by atoms with Crippen LogP contribution in [0.3, 0.4) is 0 Å². The maximum atomic E-state index is 5.58. The van der Waals surface area contributed by atoms with Crippen LogP contribution in [0, 0.1) is 0 Å². The molecule has 0 radical (unpaired) electrons. The summed E-state index contributed by atoms with van der Waals surface area (Å²) in [4.78, 5) is 0. The van der Waals surface area contributed by atoms with Gasteiger partial charge in [-0.2, -0.15) is 5.10 Å². The Morgan fingerprint density at radius 2 is 2.19 bits per heavy atom. The van der Waals surface area contributed by atoms with Gasteiger partial charge in [-0.05, 0) is 12.1 Å². The molecule has 0 N–H and O–H groups in total. The van der Waals surface area contributed by atoms with Crippen molar-refractivity contribution in [2.75, 3.05) is 6.61 Å². The fourth-order valence-electron chi connectivity index (χ4n) is 1.49. The molecule has 82 valence electrons. The Bertz CT molecular complexity index is 449. The summed E-state index contributed by atoms with van der Waals surface area (Å²) in [6.45, 7) is 4.89. The van der Waals surface area contributed by atoms with Crippen LogP contribution in [0.1, 0.15) is 5.56 Å². The number of rotatable bonds is 5. The second-order valence-electron chi connectivity index (χ2n) is 3.41. The van der Waals surface area contributed by atoms with Crippen molar-refractivity contribution in [1.82, 2.24) is 9.78 Å². The summed E-state index contributed by atoms with van der Waals surface area (Å²) in [5.41, 5.74) is 1.12. The van der Waals surface area contributed by atoms with Crippen LogP contribution >= 0.6 is 0 Å². The lowest BCUT2D eigenvalue weighted by Crippen LogP contribution is -2.03. The van der Waals surface area contributed by atoms with E-state index in [-0.39, 0.29) is 0 Å². The van der Waals surface area contributed by atoms with Crippen molar-refractivity contribution < 1.29 is 4.74 Å². The van der Waals surface area contributed by atoms with Gasteiger partial charge in [-0.3, -0.25) is 4.68 Å². The normalized spacial score (nSPS) is 10.0. The van der Waals surface area contributed by atoms with Crippen LogP contribution in [-0.2, 0) is 6.54 Å². The quantitative estimate of drug-likeness (QED) is 0.715. The van der Waals surface area contributed by atoms with Gasteiger partial charge >= 0.3 is 0 Å². The lowest BCUT2D eigenvalue weighted by Gasteiger charge is -2.09. The van der Waals surface area contributed by atoms with Crippen LogP contribution in [0.5, 0.6) is 5.75 Å². The fraction of sp³-hybridized carbons (Fsp3) is 0.154. The summed E-state index contributed by atoms with van der Waals surface area (Å²) in [5, 5.41) is 4.17. The van der Waals surface area contributed by atoms with E-state index in [0.29, 0.717) is 6.61 Å². The van der Waals surface area contributed by atoms with Crippen molar-refractivity contribution in [2.24, 2.45) is 0 Å². The summed E-state index contributed by atoms with van der Waals surface area (Å²) < 4.78 is 7.45. The first-order valence-electron chi connectivity index (χ1n) is 5.19. The van der Waals surface area contributed by atoms with Gasteiger partial charge in [0.25, 0.3) is 0 Å². The Balaban J connectivity index is 2.16. The van der Waals surface area contributed by atoms with E-state index in [4.69, 9.17) is 4.74 Å². The molecule has 0 amide bonds. The summed E-state index contributed by atoms with van der Waals surface area (Å²) in [5.74, 6) is 0.887. The molecule has 3 nitrogen and oxygen atoms in total. The Hall–Kier alpha value is -2.03. The molecule has 0 atom stereocenters. The highest BCUT2D eigenvalue weighted by Gasteiger charge is 2.02. The predicted molar refractivity (Wildman–Crippen MR) is 63.5 cm³/mol. The highest BCUT2D eigenvalue weighted by Crippen LogP contribution is 2.18. The molecule has 1 heterocycles. The molecule has 0 aliphatic rings. The van der Waals surface area contributed by atoms with Gasteiger partial charge in [-0.25, -0.2) is 0 Å². The van der Waals surface area contributed by atoms with Crippen LogP contribution < -0.4 is 4.74 Å². The minimum absolute atomic E-state index is 0.524. The second-order valence-corrected chi connectivity index (χ2v) is 3.41. The van der Waals surface area contributed by atoms with E-state index in [2.05, 4.69) is 11.7 Å². The molecule has 1 aromatic carbocycles. The third kappa shape index (κ3) is 2.51. The Labute approximate surface area is 95.0 Å². The molecule has 0 spiro atoms. The van der Waals surface area contributed by atoms with E-state index < -0.39 is 0 Å². The van der Waals surface area contributed by atoms with Gasteiger partial charge in [0.2, 0.25) is 0 Å². The molecule has 0 fully saturated rings. The van der Waals surface area contributed by atoms with Gasteiger partial charge < -0.3 is 4.74 Å². The van der Waals surface area contributed by atoms with E-state index in [0.717, 1.165) is 17.9 Å². The van der Waals surface area contributed by atoms with Gasteiger partial charge in [0, 0.05) is 18.0 Å². The van der Waals surface area contributed by atoms with Crippen LogP contribution in [0.15, 0.2) is 55.4 Å². The number of hydrogen-bond acceptors (Lipinski definition) is 2. The first kappa shape index (κ1) is 10.5. The van der Waals surface area contributed by atoms with Gasteiger partial charge in [0.1, 0.15) is 12.4 Å². The maximum Gasteiger partial charge on any atom is 0.124 e. The third-order valence-electron chi connectivity index (χ3n) is 2.22. The van der Waals surface area contributed by atoms with E-state index in [1.807, 2.05) is 41.2 Å². The lowest BCUT2D eigenvalue weighted by molar-refractivity contribution is 0.357. The minimum Gasteiger partial charge on any atom is -0.489 e. The zero-order valence-electron chi connectivity index (χ0n) is 9.04. The van der Waals surface area contributed by atoms with Crippen LogP contribution in [0.2, 0.25) is 0 Å². The largest absolute Gasteiger partial charge is 0.489 e. The summed E-state index contributed by atoms with van der Waals surface area (Å²) >= 11 is 0. The topological polar surface area (TPSA) is 27.1 Å². The third-order valence-corrected chi connectivity index (χ3v) is 2.22. The molecule has 3 heteroatoms. The molecule has 2 aromatic rings. The molecule has 0 unspecified atom stereocenters. The summed E-state index contributed by atoms with van der Waals surface area (Å²) in [7, 11) is 0. The fourth-order valence-corrected chi connectivity index (χ4v) is 1.49. The first-order chi connectivity index (χ1) is 7.90. The van der Waals surface area contributed by atoms with Crippen molar-refractivity contribution >= 4 is 0 Å². The summed E-state index contributed by atoms with van der Waals surface area (Å²) in [6.07, 6.45) is 5.45. The number of hydrogen-bond donors (Lipinski definition) is 0. The molecule has 2 rings (SSSR count). The number of benzene rings is 1. The Kier molecular flexibility index (Phi) is 3.38. The van der Waals surface area contributed by atoms with Crippen molar-refractivity contribution in [2.45, 2.75) is 6.54 Å². The Morgan fingerprint density at radius 3 is 2.94 bits per heavy atom. The van der Waals surface area contributed by atoms with E-state index in [1.165, 1.54) is 0 Å². The molecule has 0 aliphatic heterocycles. The van der Waals surface area contributed by atoms with E-state index >= 15 is 0 Å². The number of aromatic nitrogens is 2. The van der Waals surface area contributed by atoms with Crippen molar-refractivity contribution in [3.05, 3.63) is 60.9 Å². The van der Waals surface area contributed by atoms with Gasteiger partial charge in [-0.15, -0.1) is 0 Å². The SMILES string of the molecule is C=CCOc1ccccc1Cn1cccn1. The van der Waals surface area contributed by atoms with E-state index in [9.17, 15) is 0 Å². The standard InChI is InChI=1S/C13H14N2O/c1-2-10-16-13-7-4-3-6-12(13)11-15-9-5-8-14-15/h2-9H,1,10-11H2. The van der Waals surface area contributed by atoms with Gasteiger partial charge in [0.05, 0.1) is 6.54 Å². The first-order valence-corrected chi connectivity index (χ1v) is 5.19. The molecular formula is C13H14N2O. The monoisotopic (exact) mass is 214 g/mol. The number of para-hydroxylation sites is 1. The molecule has 1 aromatic heterocycles. The number of ether oxygens (including phenoxy) is 1. The summed E-state index contributed by atoms with van der Waals surface area (Å²) in [6, 6.07) is 9.88. The van der Waals surface area contributed by atoms with Crippen molar-refractivity contribution in [3.63, 3.8) is 0 Å². The average molecular weight is 214 g/mol. The van der Waals surface area contributed by atoms with Crippen LogP contribution in [0.4, 0.5) is 0 Å². The highest BCUT2D eigenvalue weighted by atomic mass is 16.5. The molecule has 0 aliphatic carbocycles. The van der Waals surface area contributed by atoms with E-state index in [1.54, 1.807) is 12.3 Å². The zero-order valence-corrected chi connectivity index (χ0v) is 9.04. The Morgan fingerprint density at radius 1 is 1.31 bits per heavy atom. The molecule has 0 bridgehead atoms.